The molecule has 0 heterocycles. The number of nitrogens with two attached hydrogens (primary N) is 2. The highest BCUT2D eigenvalue weighted by atomic mass is 35.5. The monoisotopic (exact) mass is 359 g/mol. The number of halogens is 1. The summed E-state index contributed by atoms with van der Waals surface area (Å²) in [6.45, 7) is 0.374. The molecule has 25 heavy (non-hydrogen) atoms. The number of nitrogens with one attached hydrogen (secondary N) is 2. The van der Waals surface area contributed by atoms with Gasteiger partial charge in [0, 0.05) is 29.2 Å². The Morgan fingerprint density at radius 3 is 2.52 bits per heavy atom. The average molecular weight is 360 g/mol. The molecule has 8 heteroatoms. The number of primary amides is 1. The summed E-state index contributed by atoms with van der Waals surface area (Å²) >= 11 is 5.82. The lowest BCUT2D eigenvalue weighted by atomic mass is 10.2. The van der Waals surface area contributed by atoms with E-state index in [1.54, 1.807) is 42.5 Å². The van der Waals surface area contributed by atoms with Crippen molar-refractivity contribution in [1.29, 1.82) is 0 Å². The first-order valence-corrected chi connectivity index (χ1v) is 7.85. The highest BCUT2D eigenvalue weighted by molar-refractivity contribution is 6.30. The molecule has 0 unspecified atom stereocenters. The molecule has 6 N–H and O–H groups in total. The van der Waals surface area contributed by atoms with Crippen LogP contribution in [0.3, 0.4) is 0 Å². The zero-order valence-electron chi connectivity index (χ0n) is 13.3. The Bertz CT molecular complexity index is 790. The zero-order chi connectivity index (χ0) is 18.2. The van der Waals surface area contributed by atoms with Gasteiger partial charge in [0.2, 0.25) is 5.91 Å². The molecule has 7 nitrogen and oxygen atoms in total. The van der Waals surface area contributed by atoms with Crippen molar-refractivity contribution in [3.63, 3.8) is 0 Å². The van der Waals surface area contributed by atoms with E-state index in [0.717, 1.165) is 6.34 Å². The number of anilines is 2. The van der Waals surface area contributed by atoms with Gasteiger partial charge in [-0.05, 0) is 42.5 Å². The molecule has 2 aromatic carbocycles. The lowest BCUT2D eigenvalue weighted by Gasteiger charge is -2.11. The minimum Gasteiger partial charge on any atom is -0.390 e. The number of rotatable bonds is 7. The first kappa shape index (κ1) is 18.3. The van der Waals surface area contributed by atoms with Gasteiger partial charge in [-0.2, -0.15) is 0 Å². The van der Waals surface area contributed by atoms with Gasteiger partial charge in [-0.1, -0.05) is 11.6 Å². The molecule has 0 bridgehead atoms. The van der Waals surface area contributed by atoms with Crippen molar-refractivity contribution in [3.05, 3.63) is 53.1 Å². The van der Waals surface area contributed by atoms with Gasteiger partial charge in [0.05, 0.1) is 17.7 Å². The number of hydrogen-bond donors (Lipinski definition) is 4. The molecule has 130 valence electrons. The summed E-state index contributed by atoms with van der Waals surface area (Å²) in [6.07, 6.45) is 1.35. The summed E-state index contributed by atoms with van der Waals surface area (Å²) in [5, 5.41) is 6.39. The van der Waals surface area contributed by atoms with Gasteiger partial charge in [-0.25, -0.2) is 4.99 Å². The van der Waals surface area contributed by atoms with Gasteiger partial charge in [-0.3, -0.25) is 9.59 Å². The van der Waals surface area contributed by atoms with E-state index in [4.69, 9.17) is 23.1 Å². The quantitative estimate of drug-likeness (QED) is 0.448. The van der Waals surface area contributed by atoms with Crippen molar-refractivity contribution < 1.29 is 9.59 Å². The minimum atomic E-state index is -0.400. The summed E-state index contributed by atoms with van der Waals surface area (Å²) in [5.41, 5.74) is 12.7. The lowest BCUT2D eigenvalue weighted by Crippen LogP contribution is -2.16. The number of nitrogens with zero attached hydrogens (tertiary/aromatic N) is 1. The van der Waals surface area contributed by atoms with Gasteiger partial charge in [0.15, 0.2) is 0 Å². The van der Waals surface area contributed by atoms with Crippen molar-refractivity contribution in [1.82, 2.24) is 0 Å². The SMILES string of the molecule is NC=Nc1cc(NC(=O)c2ccc(Cl)cc2)ccc1NCCC(N)=O. The largest absolute Gasteiger partial charge is 0.390 e. The number of hydrogen-bond acceptors (Lipinski definition) is 4. The predicted molar refractivity (Wildman–Crippen MR) is 100 cm³/mol. The van der Waals surface area contributed by atoms with E-state index in [1.165, 1.54) is 0 Å². The van der Waals surface area contributed by atoms with Gasteiger partial charge in [-0.15, -0.1) is 0 Å². The fourth-order valence-corrected chi connectivity index (χ4v) is 2.20. The lowest BCUT2D eigenvalue weighted by molar-refractivity contribution is -0.117. The summed E-state index contributed by atoms with van der Waals surface area (Å²) in [5.74, 6) is -0.669. The summed E-state index contributed by atoms with van der Waals surface area (Å²) in [7, 11) is 0. The fourth-order valence-electron chi connectivity index (χ4n) is 2.07. The van der Waals surface area contributed by atoms with Crippen molar-refractivity contribution >= 4 is 46.8 Å². The van der Waals surface area contributed by atoms with E-state index >= 15 is 0 Å². The second-order valence-corrected chi connectivity index (χ2v) is 5.55. The van der Waals surface area contributed by atoms with E-state index in [0.29, 0.717) is 34.2 Å². The standard InChI is InChI=1S/C17H18ClN5O2/c18-12-3-1-11(2-4-12)17(25)23-13-5-6-14(15(9-13)22-10-19)21-8-7-16(20)24/h1-6,9-10,21H,7-8H2,(H2,19,22)(H2,20,24)(H,23,25). The molecule has 0 radical (unpaired) electrons. The minimum absolute atomic E-state index is 0.195. The predicted octanol–water partition coefficient (Wildman–Crippen LogP) is 2.50. The molecule has 2 aromatic rings. The Balaban J connectivity index is 2.13. The third kappa shape index (κ3) is 5.50. The maximum absolute atomic E-state index is 12.2. The third-order valence-electron chi connectivity index (χ3n) is 3.26. The highest BCUT2D eigenvalue weighted by Crippen LogP contribution is 2.28. The maximum Gasteiger partial charge on any atom is 0.255 e. The molecule has 0 aromatic heterocycles. The van der Waals surface area contributed by atoms with Crippen LogP contribution in [-0.4, -0.2) is 24.7 Å². The molecule has 0 aliphatic heterocycles. The molecule has 2 amide bonds. The van der Waals surface area contributed by atoms with Crippen LogP contribution in [0.15, 0.2) is 47.5 Å². The Hall–Kier alpha value is -3.06. The second-order valence-electron chi connectivity index (χ2n) is 5.11. The van der Waals surface area contributed by atoms with Crippen molar-refractivity contribution in [2.45, 2.75) is 6.42 Å². The van der Waals surface area contributed by atoms with Crippen molar-refractivity contribution in [2.24, 2.45) is 16.5 Å². The van der Waals surface area contributed by atoms with Crippen LogP contribution in [0.4, 0.5) is 17.1 Å². The molecule has 0 spiro atoms. The maximum atomic E-state index is 12.2. The van der Waals surface area contributed by atoms with Gasteiger partial charge >= 0.3 is 0 Å². The number of amides is 2. The van der Waals surface area contributed by atoms with Gasteiger partial charge in [0.1, 0.15) is 0 Å². The molecule has 0 aliphatic rings. The summed E-state index contributed by atoms with van der Waals surface area (Å²) < 4.78 is 0. The Kier molecular flexibility index (Phi) is 6.36. The van der Waals surface area contributed by atoms with Crippen LogP contribution in [0.5, 0.6) is 0 Å². The highest BCUT2D eigenvalue weighted by Gasteiger charge is 2.08. The average Bonchev–Trinajstić information content (AvgIpc) is 2.57. The van der Waals surface area contributed by atoms with Crippen molar-refractivity contribution in [3.8, 4) is 0 Å². The van der Waals surface area contributed by atoms with E-state index in [9.17, 15) is 9.59 Å². The fraction of sp³-hybridized carbons (Fsp3) is 0.118. The van der Waals surface area contributed by atoms with E-state index in [-0.39, 0.29) is 12.3 Å². The van der Waals surface area contributed by atoms with E-state index < -0.39 is 5.91 Å². The number of carbonyl (C=O) groups is 2. The van der Waals surface area contributed by atoms with Crippen LogP contribution in [0, 0.1) is 0 Å². The third-order valence-corrected chi connectivity index (χ3v) is 3.51. The number of carbonyl (C=O) groups excluding carboxylic acids is 2. The van der Waals surface area contributed by atoms with Crippen LogP contribution < -0.4 is 22.1 Å². The first-order chi connectivity index (χ1) is 12.0. The Morgan fingerprint density at radius 2 is 1.88 bits per heavy atom. The van der Waals surface area contributed by atoms with E-state index in [1.807, 2.05) is 0 Å². The molecule has 0 fully saturated rings. The molecule has 0 saturated heterocycles. The molecule has 0 atom stereocenters. The van der Waals surface area contributed by atoms with Crippen LogP contribution in [0.25, 0.3) is 0 Å². The van der Waals surface area contributed by atoms with Crippen LogP contribution in [0.1, 0.15) is 16.8 Å². The van der Waals surface area contributed by atoms with Crippen molar-refractivity contribution in [2.75, 3.05) is 17.2 Å². The summed E-state index contributed by atoms with van der Waals surface area (Å²) in [4.78, 5) is 27.1. The first-order valence-electron chi connectivity index (χ1n) is 7.47. The molecule has 0 saturated carbocycles. The zero-order valence-corrected chi connectivity index (χ0v) is 14.1. The van der Waals surface area contributed by atoms with Crippen LogP contribution >= 0.6 is 11.6 Å². The Morgan fingerprint density at radius 1 is 1.16 bits per heavy atom. The topological polar surface area (TPSA) is 123 Å². The summed E-state index contributed by atoms with van der Waals surface area (Å²) in [6, 6.07) is 11.7. The second kappa shape index (κ2) is 8.70. The molecular weight excluding hydrogens is 342 g/mol. The number of benzene rings is 2. The normalized spacial score (nSPS) is 10.6. The van der Waals surface area contributed by atoms with Gasteiger partial charge in [0.25, 0.3) is 5.91 Å². The van der Waals surface area contributed by atoms with Crippen LogP contribution in [0.2, 0.25) is 5.02 Å². The molecular formula is C17H18ClN5O2. The number of aliphatic imine (C=N–C) groups is 1. The van der Waals surface area contributed by atoms with E-state index in [2.05, 4.69) is 15.6 Å². The molecule has 2 rings (SSSR count). The van der Waals surface area contributed by atoms with Gasteiger partial charge < -0.3 is 22.1 Å². The smallest absolute Gasteiger partial charge is 0.255 e. The Labute approximate surface area is 150 Å². The molecule has 0 aliphatic carbocycles. The van der Waals surface area contributed by atoms with Crippen LogP contribution in [-0.2, 0) is 4.79 Å².